The summed E-state index contributed by atoms with van der Waals surface area (Å²) in [5.41, 5.74) is 1.99. The molecule has 1 aliphatic heterocycles. The summed E-state index contributed by atoms with van der Waals surface area (Å²) in [6.07, 6.45) is 0.814. The number of hydrogen-bond acceptors (Lipinski definition) is 5. The van der Waals surface area contributed by atoms with Crippen molar-refractivity contribution < 1.29 is 13.3 Å². The van der Waals surface area contributed by atoms with E-state index in [1.165, 1.54) is 24.3 Å². The van der Waals surface area contributed by atoms with Gasteiger partial charge in [-0.15, -0.1) is 0 Å². The molecule has 0 N–H and O–H groups in total. The van der Waals surface area contributed by atoms with Crippen molar-refractivity contribution in [3.05, 3.63) is 83.0 Å². The van der Waals surface area contributed by atoms with Gasteiger partial charge in [-0.1, -0.05) is 43.3 Å². The second kappa shape index (κ2) is 9.66. The highest BCUT2D eigenvalue weighted by Gasteiger charge is 2.27. The average molecular weight is 427 g/mol. The topological polar surface area (TPSA) is 45.4 Å². The van der Waals surface area contributed by atoms with Crippen molar-refractivity contribution in [2.45, 2.75) is 32.9 Å². The molecule has 1 aromatic heterocycles. The maximum atomic E-state index is 13.5. The van der Waals surface area contributed by atoms with Gasteiger partial charge >= 0.3 is 0 Å². The van der Waals surface area contributed by atoms with E-state index in [9.17, 15) is 8.78 Å². The van der Waals surface area contributed by atoms with Gasteiger partial charge in [-0.2, -0.15) is 4.98 Å². The molecule has 0 spiro atoms. The molecule has 1 aliphatic rings. The third kappa shape index (κ3) is 5.54. The first-order valence-electron chi connectivity index (χ1n) is 10.8. The molecule has 164 valence electrons. The molecule has 3 aromatic rings. The van der Waals surface area contributed by atoms with Crippen LogP contribution < -0.4 is 0 Å². The zero-order valence-corrected chi connectivity index (χ0v) is 18.0. The third-order valence-electron chi connectivity index (χ3n) is 5.60. The molecular formula is C24H28F2N4O. The van der Waals surface area contributed by atoms with Crippen LogP contribution >= 0.6 is 0 Å². The van der Waals surface area contributed by atoms with Crippen molar-refractivity contribution in [2.24, 2.45) is 5.92 Å². The minimum absolute atomic E-state index is 0.0515. The summed E-state index contributed by atoms with van der Waals surface area (Å²) in [5, 5.41) is 4.07. The standard InChI is InChI=1S/C24H28F2N4O/c1-17(2)15-22-27-23(31-28-22)16-29-11-13-30(14-12-29)24(18-3-7-20(25)8-4-18)19-5-9-21(26)10-6-19/h3-10,17,24H,11-16H2,1-2H3. The van der Waals surface area contributed by atoms with Gasteiger partial charge in [0.1, 0.15) is 11.6 Å². The molecule has 0 unspecified atom stereocenters. The Labute approximate surface area is 181 Å². The number of aromatic nitrogens is 2. The number of benzene rings is 2. The van der Waals surface area contributed by atoms with Crippen LogP contribution in [-0.2, 0) is 13.0 Å². The Balaban J connectivity index is 1.44. The van der Waals surface area contributed by atoms with E-state index in [-0.39, 0.29) is 17.7 Å². The molecule has 31 heavy (non-hydrogen) atoms. The second-order valence-corrected chi connectivity index (χ2v) is 8.52. The van der Waals surface area contributed by atoms with E-state index in [4.69, 9.17) is 4.52 Å². The van der Waals surface area contributed by atoms with Gasteiger partial charge in [0.05, 0.1) is 12.6 Å². The maximum absolute atomic E-state index is 13.5. The van der Waals surface area contributed by atoms with Crippen LogP contribution in [0.4, 0.5) is 8.78 Å². The monoisotopic (exact) mass is 426 g/mol. The molecule has 7 heteroatoms. The van der Waals surface area contributed by atoms with Crippen molar-refractivity contribution in [3.63, 3.8) is 0 Å². The van der Waals surface area contributed by atoms with Gasteiger partial charge in [-0.3, -0.25) is 9.80 Å². The molecule has 0 bridgehead atoms. The molecule has 1 saturated heterocycles. The summed E-state index contributed by atoms with van der Waals surface area (Å²) in [7, 11) is 0. The SMILES string of the molecule is CC(C)Cc1noc(CN2CCN(C(c3ccc(F)cc3)c3ccc(F)cc3)CC2)n1. The minimum Gasteiger partial charge on any atom is -0.338 e. The fraction of sp³-hybridized carbons (Fsp3) is 0.417. The van der Waals surface area contributed by atoms with E-state index in [0.29, 0.717) is 18.4 Å². The highest BCUT2D eigenvalue weighted by atomic mass is 19.1. The first kappa shape index (κ1) is 21.6. The van der Waals surface area contributed by atoms with Crippen molar-refractivity contribution in [3.8, 4) is 0 Å². The summed E-state index contributed by atoms with van der Waals surface area (Å²) in [5.74, 6) is 1.38. The lowest BCUT2D eigenvalue weighted by Gasteiger charge is -2.39. The van der Waals surface area contributed by atoms with Crippen LogP contribution in [0.15, 0.2) is 53.1 Å². The Bertz CT molecular complexity index is 919. The summed E-state index contributed by atoms with van der Waals surface area (Å²) in [6.45, 7) is 8.25. The van der Waals surface area contributed by atoms with Crippen molar-refractivity contribution in [1.82, 2.24) is 19.9 Å². The van der Waals surface area contributed by atoms with Crippen LogP contribution in [0.1, 0.15) is 42.7 Å². The van der Waals surface area contributed by atoms with E-state index < -0.39 is 0 Å². The van der Waals surface area contributed by atoms with Crippen molar-refractivity contribution in [2.75, 3.05) is 26.2 Å². The molecule has 0 amide bonds. The lowest BCUT2D eigenvalue weighted by Crippen LogP contribution is -2.47. The zero-order chi connectivity index (χ0) is 21.8. The molecule has 1 fully saturated rings. The number of nitrogens with zero attached hydrogens (tertiary/aromatic N) is 4. The Morgan fingerprint density at radius 2 is 1.42 bits per heavy atom. The zero-order valence-electron chi connectivity index (χ0n) is 18.0. The molecule has 2 heterocycles. The smallest absolute Gasteiger partial charge is 0.240 e. The predicted octanol–water partition coefficient (Wildman–Crippen LogP) is 4.45. The van der Waals surface area contributed by atoms with Crippen LogP contribution in [-0.4, -0.2) is 46.1 Å². The lowest BCUT2D eigenvalue weighted by atomic mass is 9.96. The first-order valence-corrected chi connectivity index (χ1v) is 10.8. The van der Waals surface area contributed by atoms with E-state index in [2.05, 4.69) is 33.8 Å². The Morgan fingerprint density at radius 1 is 0.871 bits per heavy atom. The lowest BCUT2D eigenvalue weighted by molar-refractivity contribution is 0.0966. The van der Waals surface area contributed by atoms with Gasteiger partial charge in [-0.05, 0) is 41.3 Å². The maximum Gasteiger partial charge on any atom is 0.240 e. The Kier molecular flexibility index (Phi) is 6.73. The molecule has 0 aliphatic carbocycles. The fourth-order valence-electron chi connectivity index (χ4n) is 4.08. The normalized spacial score (nSPS) is 15.8. The van der Waals surface area contributed by atoms with Crippen LogP contribution in [0.2, 0.25) is 0 Å². The van der Waals surface area contributed by atoms with Gasteiger partial charge in [0.25, 0.3) is 0 Å². The number of piperazine rings is 1. The van der Waals surface area contributed by atoms with Gasteiger partial charge < -0.3 is 4.52 Å². The van der Waals surface area contributed by atoms with E-state index in [1.807, 2.05) is 24.3 Å². The fourth-order valence-corrected chi connectivity index (χ4v) is 4.08. The molecule has 4 rings (SSSR count). The van der Waals surface area contributed by atoms with Gasteiger partial charge in [0, 0.05) is 32.6 Å². The predicted molar refractivity (Wildman–Crippen MR) is 114 cm³/mol. The van der Waals surface area contributed by atoms with E-state index in [1.54, 1.807) is 0 Å². The second-order valence-electron chi connectivity index (χ2n) is 8.52. The molecule has 0 radical (unpaired) electrons. The van der Waals surface area contributed by atoms with Gasteiger partial charge in [0.15, 0.2) is 5.82 Å². The van der Waals surface area contributed by atoms with Crippen LogP contribution in [0.3, 0.4) is 0 Å². The van der Waals surface area contributed by atoms with Gasteiger partial charge in [0.2, 0.25) is 5.89 Å². The highest BCUT2D eigenvalue weighted by molar-refractivity contribution is 5.32. The molecule has 5 nitrogen and oxygen atoms in total. The third-order valence-corrected chi connectivity index (χ3v) is 5.60. The summed E-state index contributed by atoms with van der Waals surface area (Å²) < 4.78 is 32.4. The first-order chi connectivity index (χ1) is 15.0. The quantitative estimate of drug-likeness (QED) is 0.558. The van der Waals surface area contributed by atoms with Crippen LogP contribution in [0, 0.1) is 17.6 Å². The minimum atomic E-state index is -0.261. The number of rotatable bonds is 7. The molecule has 0 atom stereocenters. The van der Waals surface area contributed by atoms with Crippen molar-refractivity contribution >= 4 is 0 Å². The Hall–Kier alpha value is -2.64. The summed E-state index contributed by atoms with van der Waals surface area (Å²) in [4.78, 5) is 9.16. The molecular weight excluding hydrogens is 398 g/mol. The molecule has 0 saturated carbocycles. The van der Waals surface area contributed by atoms with Crippen LogP contribution in [0.25, 0.3) is 0 Å². The average Bonchev–Trinajstić information content (AvgIpc) is 3.18. The Morgan fingerprint density at radius 3 is 1.94 bits per heavy atom. The highest BCUT2D eigenvalue weighted by Crippen LogP contribution is 2.30. The number of halogens is 2. The van der Waals surface area contributed by atoms with E-state index >= 15 is 0 Å². The van der Waals surface area contributed by atoms with Gasteiger partial charge in [-0.25, -0.2) is 8.78 Å². The van der Waals surface area contributed by atoms with E-state index in [0.717, 1.165) is 49.6 Å². The van der Waals surface area contributed by atoms with Crippen molar-refractivity contribution in [1.29, 1.82) is 0 Å². The summed E-state index contributed by atoms with van der Waals surface area (Å²) in [6, 6.07) is 13.1. The largest absolute Gasteiger partial charge is 0.338 e. The molecule has 2 aromatic carbocycles. The summed E-state index contributed by atoms with van der Waals surface area (Å²) >= 11 is 0. The van der Waals surface area contributed by atoms with Crippen LogP contribution in [0.5, 0.6) is 0 Å². The number of hydrogen-bond donors (Lipinski definition) is 0.